The Bertz CT molecular complexity index is 603. The molecule has 0 radical (unpaired) electrons. The van der Waals surface area contributed by atoms with Crippen molar-refractivity contribution in [3.05, 3.63) is 39.7 Å². The Morgan fingerprint density at radius 2 is 2.10 bits per heavy atom. The van der Waals surface area contributed by atoms with Crippen molar-refractivity contribution in [1.82, 2.24) is 0 Å². The molecular weight excluding hydrogens is 281 g/mol. The number of aliphatic imine (C=N–C) groups is 1. The molecule has 1 atom stereocenters. The van der Waals surface area contributed by atoms with Crippen molar-refractivity contribution in [3.63, 3.8) is 0 Å². The highest BCUT2D eigenvalue weighted by atomic mass is 32.2. The van der Waals surface area contributed by atoms with Crippen LogP contribution < -0.4 is 5.73 Å². The monoisotopic (exact) mass is 297 g/mol. The quantitative estimate of drug-likeness (QED) is 0.672. The Balaban J connectivity index is 2.66. The van der Waals surface area contributed by atoms with E-state index in [9.17, 15) is 14.5 Å². The van der Waals surface area contributed by atoms with Crippen LogP contribution in [0.5, 0.6) is 0 Å². The van der Waals surface area contributed by atoms with E-state index in [4.69, 9.17) is 5.73 Å². The molecular formula is C13H16FN3O2S. The number of non-ortho nitro benzene ring substituents is 1. The minimum Gasteiger partial charge on any atom is -0.379 e. The fourth-order valence-electron chi connectivity index (χ4n) is 2.22. The van der Waals surface area contributed by atoms with E-state index in [1.165, 1.54) is 17.8 Å². The van der Waals surface area contributed by atoms with Gasteiger partial charge in [-0.25, -0.2) is 4.39 Å². The van der Waals surface area contributed by atoms with Gasteiger partial charge in [0.1, 0.15) is 5.82 Å². The van der Waals surface area contributed by atoms with Gasteiger partial charge in [0, 0.05) is 28.9 Å². The van der Waals surface area contributed by atoms with Crippen molar-refractivity contribution >= 4 is 22.6 Å². The zero-order valence-electron chi connectivity index (χ0n) is 11.5. The van der Waals surface area contributed by atoms with Crippen LogP contribution in [0.2, 0.25) is 0 Å². The SMILES string of the molecule is CC1(C)CSC(N)=N[C@]1(C)c1cc([N+](=O)[O-])ccc1F. The first kappa shape index (κ1) is 14.8. The van der Waals surface area contributed by atoms with Gasteiger partial charge in [-0.2, -0.15) is 0 Å². The molecule has 0 saturated carbocycles. The van der Waals surface area contributed by atoms with Crippen LogP contribution in [0.1, 0.15) is 26.3 Å². The number of halogens is 1. The normalized spacial score (nSPS) is 25.1. The van der Waals surface area contributed by atoms with Gasteiger partial charge in [-0.15, -0.1) is 0 Å². The highest BCUT2D eigenvalue weighted by Crippen LogP contribution is 2.49. The zero-order valence-corrected chi connectivity index (χ0v) is 12.3. The van der Waals surface area contributed by atoms with Crippen LogP contribution in [0.4, 0.5) is 10.1 Å². The molecule has 0 spiro atoms. The van der Waals surface area contributed by atoms with Gasteiger partial charge in [-0.1, -0.05) is 25.6 Å². The molecule has 5 nitrogen and oxygen atoms in total. The van der Waals surface area contributed by atoms with Crippen molar-refractivity contribution in [3.8, 4) is 0 Å². The lowest BCUT2D eigenvalue weighted by molar-refractivity contribution is -0.385. The van der Waals surface area contributed by atoms with Gasteiger partial charge in [0.2, 0.25) is 0 Å². The molecule has 0 aromatic heterocycles. The maximum absolute atomic E-state index is 14.2. The van der Waals surface area contributed by atoms with Crippen LogP contribution in [0.25, 0.3) is 0 Å². The van der Waals surface area contributed by atoms with Gasteiger partial charge in [-0.3, -0.25) is 15.1 Å². The second kappa shape index (κ2) is 4.73. The van der Waals surface area contributed by atoms with E-state index < -0.39 is 16.3 Å². The molecule has 0 aliphatic carbocycles. The smallest absolute Gasteiger partial charge is 0.270 e. The molecule has 0 fully saturated rings. The van der Waals surface area contributed by atoms with Crippen molar-refractivity contribution in [2.24, 2.45) is 16.1 Å². The number of hydrogen-bond donors (Lipinski definition) is 1. The Morgan fingerprint density at radius 3 is 2.70 bits per heavy atom. The number of nitro benzene ring substituents is 1. The number of amidine groups is 1. The Kier molecular flexibility index (Phi) is 3.49. The van der Waals surface area contributed by atoms with Crippen LogP contribution in [0.15, 0.2) is 23.2 Å². The molecule has 1 aliphatic heterocycles. The molecule has 0 saturated heterocycles. The van der Waals surface area contributed by atoms with Crippen LogP contribution >= 0.6 is 11.8 Å². The number of nitrogens with zero attached hydrogens (tertiary/aromatic N) is 2. The second-order valence-electron chi connectivity index (χ2n) is 5.62. The predicted octanol–water partition coefficient (Wildman–Crippen LogP) is 3.04. The molecule has 1 aliphatic rings. The van der Waals surface area contributed by atoms with Crippen molar-refractivity contribution < 1.29 is 9.31 Å². The molecule has 1 aromatic rings. The third-order valence-electron chi connectivity index (χ3n) is 3.92. The van der Waals surface area contributed by atoms with E-state index in [1.54, 1.807) is 6.92 Å². The van der Waals surface area contributed by atoms with Gasteiger partial charge in [-0.05, 0) is 13.0 Å². The van der Waals surface area contributed by atoms with Crippen molar-refractivity contribution in [2.45, 2.75) is 26.3 Å². The molecule has 7 heteroatoms. The van der Waals surface area contributed by atoms with E-state index in [0.717, 1.165) is 12.1 Å². The molecule has 2 rings (SSSR count). The summed E-state index contributed by atoms with van der Waals surface area (Å²) in [5.41, 5.74) is 4.52. The summed E-state index contributed by atoms with van der Waals surface area (Å²) in [6.45, 7) is 5.67. The van der Waals surface area contributed by atoms with Gasteiger partial charge >= 0.3 is 0 Å². The van der Waals surface area contributed by atoms with Crippen LogP contribution in [-0.2, 0) is 5.54 Å². The predicted molar refractivity (Wildman–Crippen MR) is 78.3 cm³/mol. The Labute approximate surface area is 120 Å². The topological polar surface area (TPSA) is 81.5 Å². The average Bonchev–Trinajstić information content (AvgIpc) is 2.35. The van der Waals surface area contributed by atoms with Gasteiger partial charge in [0.05, 0.1) is 10.5 Å². The fourth-order valence-corrected chi connectivity index (χ4v) is 3.26. The van der Waals surface area contributed by atoms with Gasteiger partial charge < -0.3 is 5.73 Å². The summed E-state index contributed by atoms with van der Waals surface area (Å²) in [7, 11) is 0. The number of hydrogen-bond acceptors (Lipinski definition) is 5. The summed E-state index contributed by atoms with van der Waals surface area (Å²) in [5, 5.41) is 11.3. The third-order valence-corrected chi connectivity index (χ3v) is 5.17. The maximum Gasteiger partial charge on any atom is 0.270 e. The molecule has 0 bridgehead atoms. The van der Waals surface area contributed by atoms with E-state index >= 15 is 0 Å². The largest absolute Gasteiger partial charge is 0.379 e. The first-order valence-corrected chi connectivity index (χ1v) is 7.08. The van der Waals surface area contributed by atoms with Crippen LogP contribution in [0.3, 0.4) is 0 Å². The number of rotatable bonds is 2. The lowest BCUT2D eigenvalue weighted by Crippen LogP contribution is -2.45. The minimum atomic E-state index is -0.932. The average molecular weight is 297 g/mol. The minimum absolute atomic E-state index is 0.148. The standard InChI is InChI=1S/C13H16FN3O2S/c1-12(2)7-20-11(15)16-13(12,3)9-6-8(17(18)19)4-5-10(9)14/h4-6H,7H2,1-3H3,(H2,15,16)/t13-/m1/s1. The molecule has 0 unspecified atom stereocenters. The summed E-state index contributed by atoms with van der Waals surface area (Å²) in [5.74, 6) is 0.163. The first-order valence-electron chi connectivity index (χ1n) is 6.10. The zero-order chi connectivity index (χ0) is 15.1. The van der Waals surface area contributed by atoms with E-state index in [1.807, 2.05) is 13.8 Å². The lowest BCUT2D eigenvalue weighted by Gasteiger charge is -2.44. The summed E-state index contributed by atoms with van der Waals surface area (Å²) in [6, 6.07) is 3.52. The molecule has 0 amide bonds. The third kappa shape index (κ3) is 2.26. The summed E-state index contributed by atoms with van der Waals surface area (Å²) in [4.78, 5) is 14.8. The number of nitrogens with two attached hydrogens (primary N) is 1. The summed E-state index contributed by atoms with van der Waals surface area (Å²) >= 11 is 1.41. The highest BCUT2D eigenvalue weighted by Gasteiger charge is 2.47. The molecule has 1 aromatic carbocycles. The van der Waals surface area contributed by atoms with E-state index in [0.29, 0.717) is 10.9 Å². The molecule has 20 heavy (non-hydrogen) atoms. The van der Waals surface area contributed by atoms with E-state index in [2.05, 4.69) is 4.99 Å². The number of nitro groups is 1. The highest BCUT2D eigenvalue weighted by molar-refractivity contribution is 8.13. The second-order valence-corrected chi connectivity index (χ2v) is 6.61. The van der Waals surface area contributed by atoms with Gasteiger partial charge in [0.25, 0.3) is 5.69 Å². The van der Waals surface area contributed by atoms with Crippen LogP contribution in [0, 0.1) is 21.3 Å². The lowest BCUT2D eigenvalue weighted by atomic mass is 9.70. The van der Waals surface area contributed by atoms with E-state index in [-0.39, 0.29) is 16.7 Å². The summed E-state index contributed by atoms with van der Waals surface area (Å²) in [6.07, 6.45) is 0. The molecule has 108 valence electrons. The Hall–Kier alpha value is -1.63. The number of benzene rings is 1. The fraction of sp³-hybridized carbons (Fsp3) is 0.462. The molecule has 2 N–H and O–H groups in total. The van der Waals surface area contributed by atoms with Gasteiger partial charge in [0.15, 0.2) is 5.17 Å². The summed E-state index contributed by atoms with van der Waals surface area (Å²) < 4.78 is 14.2. The number of thioether (sulfide) groups is 1. The van der Waals surface area contributed by atoms with Crippen LogP contribution in [-0.4, -0.2) is 15.8 Å². The van der Waals surface area contributed by atoms with Crippen molar-refractivity contribution in [1.29, 1.82) is 0 Å². The Morgan fingerprint density at radius 1 is 1.45 bits per heavy atom. The van der Waals surface area contributed by atoms with Crippen molar-refractivity contribution in [2.75, 3.05) is 5.75 Å². The maximum atomic E-state index is 14.2. The first-order chi connectivity index (χ1) is 9.17. The molecule has 1 heterocycles.